The standard InChI is InChI=1S/C13H17F3N2S/c14-13(15,16)10-3-6-12(18-9-10)19-8-2-1-7-17-11-4-5-11/h3,6,9,11,17H,1-2,4-5,7-8H2. The molecule has 0 bridgehead atoms. The van der Waals surface area contributed by atoms with E-state index in [1.165, 1.54) is 30.7 Å². The normalized spacial score (nSPS) is 15.7. The highest BCUT2D eigenvalue weighted by atomic mass is 32.2. The first kappa shape index (κ1) is 14.7. The van der Waals surface area contributed by atoms with E-state index >= 15 is 0 Å². The lowest BCUT2D eigenvalue weighted by atomic mass is 10.3. The fraction of sp³-hybridized carbons (Fsp3) is 0.615. The summed E-state index contributed by atoms with van der Waals surface area (Å²) in [5.41, 5.74) is -0.689. The van der Waals surface area contributed by atoms with Crippen molar-refractivity contribution in [1.82, 2.24) is 10.3 Å². The molecule has 1 heterocycles. The van der Waals surface area contributed by atoms with E-state index < -0.39 is 11.7 Å². The van der Waals surface area contributed by atoms with Gasteiger partial charge in [-0.1, -0.05) is 0 Å². The predicted octanol–water partition coefficient (Wildman–Crippen LogP) is 3.72. The monoisotopic (exact) mass is 290 g/mol. The van der Waals surface area contributed by atoms with Gasteiger partial charge in [0.2, 0.25) is 0 Å². The van der Waals surface area contributed by atoms with Crippen molar-refractivity contribution in [2.75, 3.05) is 12.3 Å². The first-order valence-electron chi connectivity index (χ1n) is 6.45. The van der Waals surface area contributed by atoms with Crippen molar-refractivity contribution < 1.29 is 13.2 Å². The molecule has 1 saturated carbocycles. The molecular formula is C13H17F3N2S. The maximum Gasteiger partial charge on any atom is 0.417 e. The number of thioether (sulfide) groups is 1. The van der Waals surface area contributed by atoms with E-state index in [1.807, 2.05) is 0 Å². The summed E-state index contributed by atoms with van der Waals surface area (Å²) in [5.74, 6) is 0.894. The molecular weight excluding hydrogens is 273 g/mol. The molecule has 19 heavy (non-hydrogen) atoms. The van der Waals surface area contributed by atoms with Gasteiger partial charge in [0.05, 0.1) is 10.6 Å². The van der Waals surface area contributed by atoms with Crippen molar-refractivity contribution in [2.45, 2.75) is 42.9 Å². The van der Waals surface area contributed by atoms with Crippen LogP contribution in [0.4, 0.5) is 13.2 Å². The smallest absolute Gasteiger partial charge is 0.314 e. The lowest BCUT2D eigenvalue weighted by Crippen LogP contribution is -2.17. The molecule has 1 aromatic rings. The van der Waals surface area contributed by atoms with E-state index in [0.29, 0.717) is 5.03 Å². The number of alkyl halides is 3. The average molecular weight is 290 g/mol. The highest BCUT2D eigenvalue weighted by Gasteiger charge is 2.30. The molecule has 0 spiro atoms. The lowest BCUT2D eigenvalue weighted by Gasteiger charge is -2.06. The van der Waals surface area contributed by atoms with Crippen LogP contribution in [0.2, 0.25) is 0 Å². The van der Waals surface area contributed by atoms with E-state index in [0.717, 1.165) is 43.4 Å². The van der Waals surface area contributed by atoms with Gasteiger partial charge in [0.25, 0.3) is 0 Å². The Morgan fingerprint density at radius 2 is 2.05 bits per heavy atom. The number of hydrogen-bond donors (Lipinski definition) is 1. The van der Waals surface area contributed by atoms with Gasteiger partial charge in [-0.15, -0.1) is 11.8 Å². The topological polar surface area (TPSA) is 24.9 Å². The molecule has 6 heteroatoms. The molecule has 1 aliphatic carbocycles. The molecule has 1 aliphatic rings. The van der Waals surface area contributed by atoms with Crippen molar-refractivity contribution in [3.05, 3.63) is 23.9 Å². The van der Waals surface area contributed by atoms with Crippen molar-refractivity contribution >= 4 is 11.8 Å². The number of rotatable bonds is 7. The van der Waals surface area contributed by atoms with Crippen molar-refractivity contribution in [3.63, 3.8) is 0 Å². The third-order valence-corrected chi connectivity index (χ3v) is 3.93. The third-order valence-electron chi connectivity index (χ3n) is 2.90. The van der Waals surface area contributed by atoms with Crippen LogP contribution in [-0.4, -0.2) is 23.3 Å². The van der Waals surface area contributed by atoms with Gasteiger partial charge in [-0.2, -0.15) is 13.2 Å². The quantitative estimate of drug-likeness (QED) is 0.612. The Morgan fingerprint density at radius 3 is 2.63 bits per heavy atom. The van der Waals surface area contributed by atoms with E-state index in [1.54, 1.807) is 0 Å². The van der Waals surface area contributed by atoms with E-state index in [-0.39, 0.29) is 0 Å². The van der Waals surface area contributed by atoms with Crippen LogP contribution in [0.15, 0.2) is 23.4 Å². The van der Waals surface area contributed by atoms with Gasteiger partial charge in [-0.05, 0) is 50.1 Å². The summed E-state index contributed by atoms with van der Waals surface area (Å²) in [5, 5.41) is 4.09. The fourth-order valence-corrected chi connectivity index (χ4v) is 2.48. The number of aromatic nitrogens is 1. The van der Waals surface area contributed by atoms with Gasteiger partial charge in [0, 0.05) is 12.2 Å². The van der Waals surface area contributed by atoms with Gasteiger partial charge < -0.3 is 5.32 Å². The number of halogens is 3. The summed E-state index contributed by atoms with van der Waals surface area (Å²) in [6, 6.07) is 3.27. The Balaban J connectivity index is 1.62. The Morgan fingerprint density at radius 1 is 1.26 bits per heavy atom. The van der Waals surface area contributed by atoms with Crippen molar-refractivity contribution in [3.8, 4) is 0 Å². The molecule has 1 N–H and O–H groups in total. The second-order valence-corrected chi connectivity index (χ2v) is 5.78. The zero-order valence-corrected chi connectivity index (χ0v) is 11.4. The van der Waals surface area contributed by atoms with Gasteiger partial charge >= 0.3 is 6.18 Å². The highest BCUT2D eigenvalue weighted by Crippen LogP contribution is 2.29. The number of nitrogens with one attached hydrogen (secondary N) is 1. The van der Waals surface area contributed by atoms with Crippen molar-refractivity contribution in [2.24, 2.45) is 0 Å². The minimum absolute atomic E-state index is 0.656. The third kappa shape index (κ3) is 5.40. The van der Waals surface area contributed by atoms with E-state index in [2.05, 4.69) is 10.3 Å². The molecule has 0 saturated heterocycles. The van der Waals surface area contributed by atoms with Gasteiger partial charge in [-0.25, -0.2) is 4.98 Å². The maximum atomic E-state index is 12.3. The summed E-state index contributed by atoms with van der Waals surface area (Å²) in [6.45, 7) is 1.03. The van der Waals surface area contributed by atoms with Gasteiger partial charge in [-0.3, -0.25) is 0 Å². The number of hydrogen-bond acceptors (Lipinski definition) is 3. The first-order valence-corrected chi connectivity index (χ1v) is 7.44. The zero-order chi connectivity index (χ0) is 13.7. The summed E-state index contributed by atoms with van der Waals surface area (Å²) in [6.07, 6.45) is 1.34. The SMILES string of the molecule is FC(F)(F)c1ccc(SCCCCNC2CC2)nc1. The van der Waals surface area contributed by atoms with E-state index in [4.69, 9.17) is 0 Å². The lowest BCUT2D eigenvalue weighted by molar-refractivity contribution is -0.137. The van der Waals surface area contributed by atoms with Crippen LogP contribution in [0.1, 0.15) is 31.2 Å². The average Bonchev–Trinajstić information content (AvgIpc) is 3.17. The molecule has 0 radical (unpaired) electrons. The summed E-state index contributed by atoms with van der Waals surface area (Å²) in [4.78, 5) is 3.83. The first-order chi connectivity index (χ1) is 9.05. The van der Waals surface area contributed by atoms with E-state index in [9.17, 15) is 13.2 Å². The number of pyridine rings is 1. The Labute approximate surface area is 115 Å². The molecule has 1 fully saturated rings. The molecule has 0 aromatic carbocycles. The molecule has 0 amide bonds. The highest BCUT2D eigenvalue weighted by molar-refractivity contribution is 7.99. The van der Waals surface area contributed by atoms with Crippen LogP contribution in [0.25, 0.3) is 0 Å². The minimum Gasteiger partial charge on any atom is -0.314 e. The second-order valence-electron chi connectivity index (χ2n) is 4.67. The molecule has 0 aliphatic heterocycles. The molecule has 0 atom stereocenters. The summed E-state index contributed by atoms with van der Waals surface area (Å²) >= 11 is 1.51. The minimum atomic E-state index is -4.30. The van der Waals surface area contributed by atoms with Gasteiger partial charge in [0.1, 0.15) is 0 Å². The Hall–Kier alpha value is -0.750. The van der Waals surface area contributed by atoms with Crippen LogP contribution in [-0.2, 0) is 6.18 Å². The zero-order valence-electron chi connectivity index (χ0n) is 10.5. The molecule has 1 aromatic heterocycles. The number of nitrogens with zero attached hydrogens (tertiary/aromatic N) is 1. The Bertz CT molecular complexity index is 388. The molecule has 2 nitrogen and oxygen atoms in total. The Kier molecular flexibility index (Phi) is 5.10. The number of unbranched alkanes of at least 4 members (excludes halogenated alkanes) is 1. The largest absolute Gasteiger partial charge is 0.417 e. The second kappa shape index (κ2) is 6.61. The molecule has 0 unspecified atom stereocenters. The molecule has 106 valence electrons. The van der Waals surface area contributed by atoms with Crippen LogP contribution in [0.3, 0.4) is 0 Å². The van der Waals surface area contributed by atoms with Crippen LogP contribution < -0.4 is 5.32 Å². The summed E-state index contributed by atoms with van der Waals surface area (Å²) < 4.78 is 37.0. The maximum absolute atomic E-state index is 12.3. The van der Waals surface area contributed by atoms with Crippen molar-refractivity contribution in [1.29, 1.82) is 0 Å². The van der Waals surface area contributed by atoms with Crippen LogP contribution in [0, 0.1) is 0 Å². The molecule has 2 rings (SSSR count). The van der Waals surface area contributed by atoms with Crippen LogP contribution >= 0.6 is 11.8 Å². The fourth-order valence-electron chi connectivity index (χ4n) is 1.63. The summed E-state index contributed by atoms with van der Waals surface area (Å²) in [7, 11) is 0. The van der Waals surface area contributed by atoms with Gasteiger partial charge in [0.15, 0.2) is 0 Å². The predicted molar refractivity (Wildman–Crippen MR) is 70.2 cm³/mol. The van der Waals surface area contributed by atoms with Crippen LogP contribution in [0.5, 0.6) is 0 Å².